The van der Waals surface area contributed by atoms with Gasteiger partial charge in [0, 0.05) is 24.8 Å². The summed E-state index contributed by atoms with van der Waals surface area (Å²) in [6.07, 6.45) is 2.92. The topological polar surface area (TPSA) is 58.4 Å². The lowest BCUT2D eigenvalue weighted by atomic mass is 10.0. The van der Waals surface area contributed by atoms with E-state index in [1.54, 1.807) is 19.2 Å². The Morgan fingerprint density at radius 3 is 3.00 bits per heavy atom. The lowest BCUT2D eigenvalue weighted by Crippen LogP contribution is -2.48. The molecule has 104 valence electrons. The molecule has 1 atom stereocenters. The van der Waals surface area contributed by atoms with Gasteiger partial charge in [0.2, 0.25) is 5.91 Å². The van der Waals surface area contributed by atoms with Gasteiger partial charge >= 0.3 is 0 Å². The van der Waals surface area contributed by atoms with E-state index in [9.17, 15) is 9.18 Å². The number of carbonyl (C=O) groups excluding carboxylic acids is 1. The van der Waals surface area contributed by atoms with Gasteiger partial charge in [0.1, 0.15) is 5.82 Å². The zero-order chi connectivity index (χ0) is 13.8. The number of nitrogens with zero attached hydrogens (tertiary/aromatic N) is 1. The Labute approximate surface area is 112 Å². The van der Waals surface area contributed by atoms with E-state index < -0.39 is 0 Å². The standard InChI is InChI=1S/C14H20FN3O/c1-17-14(19)13-4-2-3-7-18(13)9-10-5-6-11(16)8-12(10)15/h5-6,8,13H,2-4,7,9,16H2,1H3,(H,17,19). The monoisotopic (exact) mass is 265 g/mol. The molecule has 1 aromatic carbocycles. The number of hydrogen-bond acceptors (Lipinski definition) is 3. The summed E-state index contributed by atoms with van der Waals surface area (Å²) in [4.78, 5) is 13.9. The van der Waals surface area contributed by atoms with Gasteiger partial charge in [0.05, 0.1) is 6.04 Å². The number of likely N-dealkylation sites (tertiary alicyclic amines) is 1. The fourth-order valence-corrected chi connectivity index (χ4v) is 2.55. The number of nitrogen functional groups attached to an aromatic ring is 1. The Bertz CT molecular complexity index is 464. The van der Waals surface area contributed by atoms with Gasteiger partial charge in [0.15, 0.2) is 0 Å². The van der Waals surface area contributed by atoms with E-state index >= 15 is 0 Å². The first-order chi connectivity index (χ1) is 9.11. The van der Waals surface area contributed by atoms with Crippen LogP contribution in [0.15, 0.2) is 18.2 Å². The van der Waals surface area contributed by atoms with E-state index in [4.69, 9.17) is 5.73 Å². The van der Waals surface area contributed by atoms with Crippen LogP contribution in [0.1, 0.15) is 24.8 Å². The molecule has 1 amide bonds. The number of benzene rings is 1. The molecule has 1 unspecified atom stereocenters. The van der Waals surface area contributed by atoms with Crippen LogP contribution in [0.3, 0.4) is 0 Å². The van der Waals surface area contributed by atoms with Crippen LogP contribution in [0.5, 0.6) is 0 Å². The highest BCUT2D eigenvalue weighted by Crippen LogP contribution is 2.21. The van der Waals surface area contributed by atoms with Crippen molar-refractivity contribution in [2.45, 2.75) is 31.8 Å². The van der Waals surface area contributed by atoms with E-state index in [1.807, 2.05) is 4.90 Å². The number of carbonyl (C=O) groups is 1. The molecule has 1 aromatic rings. The van der Waals surface area contributed by atoms with Crippen molar-refractivity contribution in [1.82, 2.24) is 10.2 Å². The fourth-order valence-electron chi connectivity index (χ4n) is 2.55. The first kappa shape index (κ1) is 13.8. The van der Waals surface area contributed by atoms with E-state index in [1.165, 1.54) is 6.07 Å². The number of amides is 1. The highest BCUT2D eigenvalue weighted by Gasteiger charge is 2.28. The molecule has 19 heavy (non-hydrogen) atoms. The summed E-state index contributed by atoms with van der Waals surface area (Å²) in [5, 5.41) is 2.68. The molecule has 1 heterocycles. The number of rotatable bonds is 3. The van der Waals surface area contributed by atoms with Crippen molar-refractivity contribution in [2.75, 3.05) is 19.3 Å². The van der Waals surface area contributed by atoms with E-state index in [0.29, 0.717) is 17.8 Å². The summed E-state index contributed by atoms with van der Waals surface area (Å²) >= 11 is 0. The minimum Gasteiger partial charge on any atom is -0.399 e. The highest BCUT2D eigenvalue weighted by atomic mass is 19.1. The third-order valence-electron chi connectivity index (χ3n) is 3.61. The smallest absolute Gasteiger partial charge is 0.237 e. The van der Waals surface area contributed by atoms with Crippen LogP contribution >= 0.6 is 0 Å². The van der Waals surface area contributed by atoms with Crippen molar-refractivity contribution in [3.63, 3.8) is 0 Å². The van der Waals surface area contributed by atoms with E-state index in [0.717, 1.165) is 25.8 Å². The number of likely N-dealkylation sites (N-methyl/N-ethyl adjacent to an activating group) is 1. The molecule has 1 aliphatic heterocycles. The number of nitrogens with one attached hydrogen (secondary N) is 1. The van der Waals surface area contributed by atoms with Gasteiger partial charge in [-0.15, -0.1) is 0 Å². The summed E-state index contributed by atoms with van der Waals surface area (Å²) in [6.45, 7) is 1.27. The molecule has 0 aliphatic carbocycles. The number of anilines is 1. The van der Waals surface area contributed by atoms with Crippen molar-refractivity contribution in [3.8, 4) is 0 Å². The van der Waals surface area contributed by atoms with Gasteiger partial charge in [-0.25, -0.2) is 4.39 Å². The Morgan fingerprint density at radius 1 is 1.53 bits per heavy atom. The first-order valence-corrected chi connectivity index (χ1v) is 6.61. The summed E-state index contributed by atoms with van der Waals surface area (Å²) < 4.78 is 13.8. The normalized spacial score (nSPS) is 20.2. The third-order valence-corrected chi connectivity index (χ3v) is 3.61. The Kier molecular flexibility index (Phi) is 4.37. The summed E-state index contributed by atoms with van der Waals surface area (Å²) in [6, 6.07) is 4.56. The van der Waals surface area contributed by atoms with Crippen LogP contribution < -0.4 is 11.1 Å². The molecule has 2 rings (SSSR count). The fraction of sp³-hybridized carbons (Fsp3) is 0.500. The van der Waals surface area contributed by atoms with Crippen molar-refractivity contribution in [1.29, 1.82) is 0 Å². The molecule has 5 heteroatoms. The quantitative estimate of drug-likeness (QED) is 0.814. The van der Waals surface area contributed by atoms with Crippen LogP contribution in [0.4, 0.5) is 10.1 Å². The molecule has 0 spiro atoms. The van der Waals surface area contributed by atoms with Crippen LogP contribution in [-0.2, 0) is 11.3 Å². The maximum Gasteiger partial charge on any atom is 0.237 e. The molecule has 0 saturated carbocycles. The first-order valence-electron chi connectivity index (χ1n) is 6.61. The molecule has 1 aliphatic rings. The largest absolute Gasteiger partial charge is 0.399 e. The maximum absolute atomic E-state index is 13.8. The highest BCUT2D eigenvalue weighted by molar-refractivity contribution is 5.81. The number of piperidine rings is 1. The van der Waals surface area contributed by atoms with Gasteiger partial charge < -0.3 is 11.1 Å². The number of nitrogens with two attached hydrogens (primary N) is 1. The second kappa shape index (κ2) is 6.02. The minimum absolute atomic E-state index is 0.00977. The van der Waals surface area contributed by atoms with Crippen molar-refractivity contribution >= 4 is 11.6 Å². The van der Waals surface area contributed by atoms with Gasteiger partial charge in [-0.2, -0.15) is 0 Å². The number of halogens is 1. The molecule has 1 fully saturated rings. The van der Waals surface area contributed by atoms with Gasteiger partial charge in [0.25, 0.3) is 0 Å². The molecule has 4 nitrogen and oxygen atoms in total. The lowest BCUT2D eigenvalue weighted by Gasteiger charge is -2.34. The van der Waals surface area contributed by atoms with Gasteiger partial charge in [-0.1, -0.05) is 12.5 Å². The summed E-state index contributed by atoms with van der Waals surface area (Å²) in [7, 11) is 1.64. The third kappa shape index (κ3) is 3.23. The van der Waals surface area contributed by atoms with E-state index in [2.05, 4.69) is 5.32 Å². The minimum atomic E-state index is -0.304. The second-order valence-corrected chi connectivity index (χ2v) is 4.95. The van der Waals surface area contributed by atoms with Crippen molar-refractivity contribution in [2.24, 2.45) is 0 Å². The SMILES string of the molecule is CNC(=O)C1CCCCN1Cc1ccc(N)cc1F. The predicted molar refractivity (Wildman–Crippen MR) is 72.9 cm³/mol. The van der Waals surface area contributed by atoms with Crippen molar-refractivity contribution in [3.05, 3.63) is 29.6 Å². The molecule has 1 saturated heterocycles. The number of hydrogen-bond donors (Lipinski definition) is 2. The molecule has 0 bridgehead atoms. The van der Waals surface area contributed by atoms with E-state index in [-0.39, 0.29) is 17.8 Å². The van der Waals surface area contributed by atoms with Crippen LogP contribution in [0.25, 0.3) is 0 Å². The van der Waals surface area contributed by atoms with Crippen LogP contribution in [0, 0.1) is 5.82 Å². The summed E-state index contributed by atoms with van der Waals surface area (Å²) in [5.41, 5.74) is 6.55. The average molecular weight is 265 g/mol. The van der Waals surface area contributed by atoms with Gasteiger partial charge in [-0.3, -0.25) is 9.69 Å². The Hall–Kier alpha value is -1.62. The molecule has 3 N–H and O–H groups in total. The zero-order valence-electron chi connectivity index (χ0n) is 11.2. The molecule has 0 aromatic heterocycles. The summed E-state index contributed by atoms with van der Waals surface area (Å²) in [5.74, 6) is -0.295. The Morgan fingerprint density at radius 2 is 2.32 bits per heavy atom. The lowest BCUT2D eigenvalue weighted by molar-refractivity contribution is -0.127. The maximum atomic E-state index is 13.8. The predicted octanol–water partition coefficient (Wildman–Crippen LogP) is 1.51. The molecular formula is C14H20FN3O. The Balaban J connectivity index is 2.13. The average Bonchev–Trinajstić information content (AvgIpc) is 2.41. The van der Waals surface area contributed by atoms with Crippen LogP contribution in [-0.4, -0.2) is 30.4 Å². The molecular weight excluding hydrogens is 245 g/mol. The van der Waals surface area contributed by atoms with Crippen LogP contribution in [0.2, 0.25) is 0 Å². The zero-order valence-corrected chi connectivity index (χ0v) is 11.2. The van der Waals surface area contributed by atoms with Gasteiger partial charge in [-0.05, 0) is 31.5 Å². The molecule has 0 radical (unpaired) electrons. The second-order valence-electron chi connectivity index (χ2n) is 4.95. The van der Waals surface area contributed by atoms with Crippen molar-refractivity contribution < 1.29 is 9.18 Å².